The van der Waals surface area contributed by atoms with E-state index in [1.807, 2.05) is 12.1 Å². The molecule has 0 spiro atoms. The number of likely N-dealkylation sites (N-methyl/N-ethyl adjacent to an activating group) is 1. The number of amides is 2. The maximum absolute atomic E-state index is 11.8. The van der Waals surface area contributed by atoms with Crippen LogP contribution in [0.4, 0.5) is 5.69 Å². The Hall–Kier alpha value is -1.75. The van der Waals surface area contributed by atoms with Crippen molar-refractivity contribution in [3.05, 3.63) is 29.8 Å². The van der Waals surface area contributed by atoms with Gasteiger partial charge in [0.15, 0.2) is 0 Å². The molecule has 0 aliphatic carbocycles. The van der Waals surface area contributed by atoms with Crippen LogP contribution in [0.25, 0.3) is 0 Å². The molecule has 1 aliphatic heterocycles. The van der Waals surface area contributed by atoms with Gasteiger partial charge in [0.05, 0.1) is 6.42 Å². The highest BCUT2D eigenvalue weighted by atomic mass is 35.5. The Labute approximate surface area is 118 Å². The van der Waals surface area contributed by atoms with Gasteiger partial charge in [0.1, 0.15) is 6.04 Å². The van der Waals surface area contributed by atoms with Crippen LogP contribution in [0.5, 0.6) is 0 Å². The first-order valence-electron chi connectivity index (χ1n) is 5.95. The Balaban J connectivity index is 0.00000180. The van der Waals surface area contributed by atoms with Gasteiger partial charge in [-0.3, -0.25) is 9.59 Å². The monoisotopic (exact) mass is 283 g/mol. The van der Waals surface area contributed by atoms with E-state index >= 15 is 0 Å². The van der Waals surface area contributed by atoms with E-state index in [0.717, 1.165) is 5.56 Å². The summed E-state index contributed by atoms with van der Waals surface area (Å²) >= 11 is 0. The van der Waals surface area contributed by atoms with E-state index in [9.17, 15) is 9.59 Å². The molecule has 2 amide bonds. The molecule has 1 fully saturated rings. The van der Waals surface area contributed by atoms with E-state index in [0.29, 0.717) is 18.7 Å². The first-order valence-corrected chi connectivity index (χ1v) is 5.95. The van der Waals surface area contributed by atoms with Crippen LogP contribution in [0.1, 0.15) is 12.0 Å². The van der Waals surface area contributed by atoms with Crippen LogP contribution in [0.2, 0.25) is 0 Å². The Bertz CT molecular complexity index is 461. The third-order valence-corrected chi connectivity index (χ3v) is 3.11. The first-order chi connectivity index (χ1) is 8.56. The summed E-state index contributed by atoms with van der Waals surface area (Å²) in [4.78, 5) is 25.1. The zero-order chi connectivity index (χ0) is 13.1. The first kappa shape index (κ1) is 15.3. The molecule has 1 saturated heterocycles. The number of likely N-dealkylation sites (tertiary alicyclic amines) is 1. The summed E-state index contributed by atoms with van der Waals surface area (Å²) in [5.74, 6) is -0.144. The summed E-state index contributed by atoms with van der Waals surface area (Å²) in [6.07, 6.45) is 0.955. The minimum Gasteiger partial charge on any atom is -0.399 e. The lowest BCUT2D eigenvalue weighted by atomic mass is 10.1. The summed E-state index contributed by atoms with van der Waals surface area (Å²) in [5.41, 5.74) is 7.13. The molecule has 1 atom stereocenters. The second-order valence-corrected chi connectivity index (χ2v) is 4.59. The van der Waals surface area contributed by atoms with Crippen LogP contribution < -0.4 is 11.1 Å². The van der Waals surface area contributed by atoms with Gasteiger partial charge in [0.2, 0.25) is 11.8 Å². The van der Waals surface area contributed by atoms with E-state index in [-0.39, 0.29) is 36.7 Å². The zero-order valence-electron chi connectivity index (χ0n) is 10.8. The van der Waals surface area contributed by atoms with Crippen molar-refractivity contribution in [1.29, 1.82) is 0 Å². The van der Waals surface area contributed by atoms with Gasteiger partial charge < -0.3 is 16.0 Å². The average Bonchev–Trinajstić information content (AvgIpc) is 2.64. The number of benzene rings is 1. The SMILES string of the molecule is CN1CCC(NC(=O)Cc2ccc(N)cc2)C1=O.Cl. The Morgan fingerprint density at radius 3 is 2.58 bits per heavy atom. The number of anilines is 1. The number of halogens is 1. The Morgan fingerprint density at radius 2 is 2.05 bits per heavy atom. The molecule has 1 aromatic carbocycles. The van der Waals surface area contributed by atoms with Crippen LogP contribution in [0.3, 0.4) is 0 Å². The maximum atomic E-state index is 11.8. The molecule has 0 bridgehead atoms. The minimum absolute atomic E-state index is 0. The van der Waals surface area contributed by atoms with Crippen LogP contribution in [0, 0.1) is 0 Å². The van der Waals surface area contributed by atoms with Gasteiger partial charge in [-0.2, -0.15) is 0 Å². The fourth-order valence-electron chi connectivity index (χ4n) is 2.02. The molecule has 1 aromatic rings. The summed E-state index contributed by atoms with van der Waals surface area (Å²) in [6, 6.07) is 6.79. The average molecular weight is 284 g/mol. The molecular formula is C13H18ClN3O2. The van der Waals surface area contributed by atoms with Crippen molar-refractivity contribution in [2.45, 2.75) is 18.9 Å². The molecule has 5 nitrogen and oxygen atoms in total. The number of nitrogens with one attached hydrogen (secondary N) is 1. The van der Waals surface area contributed by atoms with E-state index in [2.05, 4.69) is 5.32 Å². The lowest BCUT2D eigenvalue weighted by molar-refractivity contribution is -0.131. The van der Waals surface area contributed by atoms with Crippen LogP contribution in [-0.2, 0) is 16.0 Å². The Morgan fingerprint density at radius 1 is 1.42 bits per heavy atom. The normalized spacial score (nSPS) is 18.1. The highest BCUT2D eigenvalue weighted by Gasteiger charge is 2.29. The fourth-order valence-corrected chi connectivity index (χ4v) is 2.02. The van der Waals surface area contributed by atoms with Crippen molar-refractivity contribution in [2.75, 3.05) is 19.3 Å². The number of nitrogen functional groups attached to an aromatic ring is 1. The molecule has 0 radical (unpaired) electrons. The highest BCUT2D eigenvalue weighted by Crippen LogP contribution is 2.10. The molecule has 1 aliphatic rings. The number of nitrogens with zero attached hydrogens (tertiary/aromatic N) is 1. The second-order valence-electron chi connectivity index (χ2n) is 4.59. The van der Waals surface area contributed by atoms with E-state index in [1.165, 1.54) is 0 Å². The van der Waals surface area contributed by atoms with Gasteiger partial charge in [0.25, 0.3) is 0 Å². The molecule has 1 heterocycles. The minimum atomic E-state index is -0.365. The smallest absolute Gasteiger partial charge is 0.244 e. The molecule has 0 aromatic heterocycles. The summed E-state index contributed by atoms with van der Waals surface area (Å²) in [7, 11) is 1.74. The van der Waals surface area contributed by atoms with Gasteiger partial charge in [-0.05, 0) is 24.1 Å². The van der Waals surface area contributed by atoms with Gasteiger partial charge in [-0.15, -0.1) is 12.4 Å². The van der Waals surface area contributed by atoms with E-state index < -0.39 is 0 Å². The lowest BCUT2D eigenvalue weighted by Crippen LogP contribution is -2.41. The number of hydrogen-bond donors (Lipinski definition) is 2. The number of nitrogens with two attached hydrogens (primary N) is 1. The van der Waals surface area contributed by atoms with Crippen molar-refractivity contribution < 1.29 is 9.59 Å². The summed E-state index contributed by atoms with van der Waals surface area (Å²) in [5, 5.41) is 2.76. The summed E-state index contributed by atoms with van der Waals surface area (Å²) < 4.78 is 0. The van der Waals surface area contributed by atoms with E-state index in [4.69, 9.17) is 5.73 Å². The van der Waals surface area contributed by atoms with E-state index in [1.54, 1.807) is 24.1 Å². The third kappa shape index (κ3) is 3.86. The fraction of sp³-hybridized carbons (Fsp3) is 0.385. The van der Waals surface area contributed by atoms with Gasteiger partial charge in [-0.25, -0.2) is 0 Å². The molecular weight excluding hydrogens is 266 g/mol. The number of carbonyl (C=O) groups excluding carboxylic acids is 2. The number of rotatable bonds is 3. The third-order valence-electron chi connectivity index (χ3n) is 3.11. The van der Waals surface area contributed by atoms with Gasteiger partial charge >= 0.3 is 0 Å². The van der Waals surface area contributed by atoms with Crippen LogP contribution >= 0.6 is 12.4 Å². The van der Waals surface area contributed by atoms with Crippen molar-refractivity contribution in [1.82, 2.24) is 10.2 Å². The van der Waals surface area contributed by atoms with Crippen LogP contribution in [-0.4, -0.2) is 36.3 Å². The van der Waals surface area contributed by atoms with Crippen molar-refractivity contribution in [3.63, 3.8) is 0 Å². The standard InChI is InChI=1S/C13H17N3O2.ClH/c1-16-7-6-11(13(16)18)15-12(17)8-9-2-4-10(14)5-3-9;/h2-5,11H,6-8,14H2,1H3,(H,15,17);1H. The van der Waals surface area contributed by atoms with Crippen molar-refractivity contribution in [3.8, 4) is 0 Å². The quantitative estimate of drug-likeness (QED) is 0.797. The molecule has 2 rings (SSSR count). The zero-order valence-corrected chi connectivity index (χ0v) is 11.6. The topological polar surface area (TPSA) is 75.4 Å². The molecule has 3 N–H and O–H groups in total. The predicted octanol–water partition coefficient (Wildman–Crippen LogP) is 0.580. The molecule has 1 unspecified atom stereocenters. The number of carbonyl (C=O) groups is 2. The largest absolute Gasteiger partial charge is 0.399 e. The summed E-state index contributed by atoms with van der Waals surface area (Å²) in [6.45, 7) is 0.700. The molecule has 19 heavy (non-hydrogen) atoms. The maximum Gasteiger partial charge on any atom is 0.244 e. The predicted molar refractivity (Wildman–Crippen MR) is 76.0 cm³/mol. The Kier molecular flexibility index (Phi) is 5.18. The molecule has 6 heteroatoms. The van der Waals surface area contributed by atoms with Gasteiger partial charge in [-0.1, -0.05) is 12.1 Å². The van der Waals surface area contributed by atoms with Crippen LogP contribution in [0.15, 0.2) is 24.3 Å². The number of hydrogen-bond acceptors (Lipinski definition) is 3. The molecule has 104 valence electrons. The molecule has 0 saturated carbocycles. The van der Waals surface area contributed by atoms with Gasteiger partial charge in [0, 0.05) is 19.3 Å². The van der Waals surface area contributed by atoms with Crippen molar-refractivity contribution >= 4 is 29.9 Å². The second kappa shape index (κ2) is 6.43. The van der Waals surface area contributed by atoms with Crippen molar-refractivity contribution in [2.24, 2.45) is 0 Å². The lowest BCUT2D eigenvalue weighted by Gasteiger charge is -2.12. The highest BCUT2D eigenvalue weighted by molar-refractivity contribution is 5.89.